The Morgan fingerprint density at radius 2 is 1.77 bits per heavy atom. The molecular formula is C22H24N2O2. The van der Waals surface area contributed by atoms with E-state index in [0.717, 1.165) is 34.8 Å². The van der Waals surface area contributed by atoms with Gasteiger partial charge in [-0.3, -0.25) is 4.79 Å². The van der Waals surface area contributed by atoms with Crippen LogP contribution in [0.5, 0.6) is 5.75 Å². The molecule has 26 heavy (non-hydrogen) atoms. The van der Waals surface area contributed by atoms with Crippen molar-refractivity contribution in [3.8, 4) is 22.7 Å². The normalized spacial score (nSPS) is 10.6. The molecule has 0 atom stereocenters. The second-order valence-corrected chi connectivity index (χ2v) is 6.16. The van der Waals surface area contributed by atoms with Gasteiger partial charge in [0.15, 0.2) is 0 Å². The molecule has 0 aliphatic rings. The van der Waals surface area contributed by atoms with Crippen LogP contribution in [0.15, 0.2) is 60.7 Å². The van der Waals surface area contributed by atoms with Crippen LogP contribution in [0.4, 0.5) is 0 Å². The van der Waals surface area contributed by atoms with Crippen LogP contribution in [-0.4, -0.2) is 24.1 Å². The van der Waals surface area contributed by atoms with Gasteiger partial charge in [0.05, 0.1) is 24.1 Å². The first kappa shape index (κ1) is 17.8. The molecule has 0 bridgehead atoms. The maximum absolute atomic E-state index is 12.7. The first-order valence-corrected chi connectivity index (χ1v) is 8.86. The SMILES string of the molecule is CCCNC(=O)c1cc(-c2ccccc2)n(-c2ccccc2OC)c1C. The number of rotatable bonds is 6. The van der Waals surface area contributed by atoms with Crippen molar-refractivity contribution < 1.29 is 9.53 Å². The Labute approximate surface area is 154 Å². The van der Waals surface area contributed by atoms with Gasteiger partial charge in [0.25, 0.3) is 5.91 Å². The maximum atomic E-state index is 12.7. The van der Waals surface area contributed by atoms with E-state index >= 15 is 0 Å². The number of aromatic nitrogens is 1. The second kappa shape index (κ2) is 7.91. The van der Waals surface area contributed by atoms with Crippen LogP contribution < -0.4 is 10.1 Å². The van der Waals surface area contributed by atoms with Crippen molar-refractivity contribution in [2.45, 2.75) is 20.3 Å². The third-order valence-corrected chi connectivity index (χ3v) is 4.42. The second-order valence-electron chi connectivity index (χ2n) is 6.16. The zero-order valence-electron chi connectivity index (χ0n) is 15.5. The number of benzene rings is 2. The fourth-order valence-corrected chi connectivity index (χ4v) is 3.12. The van der Waals surface area contributed by atoms with Gasteiger partial charge in [-0.25, -0.2) is 0 Å². The van der Waals surface area contributed by atoms with E-state index in [9.17, 15) is 4.79 Å². The molecule has 0 spiro atoms. The Bertz CT molecular complexity index is 898. The number of hydrogen-bond acceptors (Lipinski definition) is 2. The van der Waals surface area contributed by atoms with E-state index in [2.05, 4.69) is 22.0 Å². The number of carbonyl (C=O) groups excluding carboxylic acids is 1. The fourth-order valence-electron chi connectivity index (χ4n) is 3.12. The summed E-state index contributed by atoms with van der Waals surface area (Å²) < 4.78 is 7.65. The Balaban J connectivity index is 2.21. The van der Waals surface area contributed by atoms with Crippen molar-refractivity contribution >= 4 is 5.91 Å². The zero-order valence-corrected chi connectivity index (χ0v) is 15.5. The molecular weight excluding hydrogens is 324 g/mol. The van der Waals surface area contributed by atoms with E-state index < -0.39 is 0 Å². The van der Waals surface area contributed by atoms with Crippen LogP contribution in [0.3, 0.4) is 0 Å². The Hall–Kier alpha value is -3.01. The summed E-state index contributed by atoms with van der Waals surface area (Å²) in [7, 11) is 1.66. The van der Waals surface area contributed by atoms with Gasteiger partial charge in [0, 0.05) is 12.2 Å². The smallest absolute Gasteiger partial charge is 0.253 e. The summed E-state index contributed by atoms with van der Waals surface area (Å²) in [6, 6.07) is 19.9. The van der Waals surface area contributed by atoms with Gasteiger partial charge in [-0.2, -0.15) is 0 Å². The first-order chi connectivity index (χ1) is 12.7. The predicted octanol–water partition coefficient (Wildman–Crippen LogP) is 4.60. The van der Waals surface area contributed by atoms with Crippen LogP contribution in [0.1, 0.15) is 29.4 Å². The van der Waals surface area contributed by atoms with Crippen molar-refractivity contribution in [3.05, 3.63) is 71.9 Å². The van der Waals surface area contributed by atoms with Gasteiger partial charge in [-0.15, -0.1) is 0 Å². The largest absolute Gasteiger partial charge is 0.495 e. The number of ether oxygens (including phenoxy) is 1. The molecule has 0 radical (unpaired) electrons. The van der Waals surface area contributed by atoms with Gasteiger partial charge in [0.2, 0.25) is 0 Å². The number of hydrogen-bond donors (Lipinski definition) is 1. The molecule has 2 aromatic carbocycles. The minimum Gasteiger partial charge on any atom is -0.495 e. The monoisotopic (exact) mass is 348 g/mol. The fraction of sp³-hybridized carbons (Fsp3) is 0.227. The number of carbonyl (C=O) groups is 1. The molecule has 0 unspecified atom stereocenters. The van der Waals surface area contributed by atoms with Gasteiger partial charge in [-0.1, -0.05) is 49.4 Å². The molecule has 3 aromatic rings. The lowest BCUT2D eigenvalue weighted by molar-refractivity contribution is 0.0953. The Kier molecular flexibility index (Phi) is 5.42. The van der Waals surface area contributed by atoms with Gasteiger partial charge in [0.1, 0.15) is 5.75 Å². The lowest BCUT2D eigenvalue weighted by atomic mass is 10.1. The maximum Gasteiger partial charge on any atom is 0.253 e. The molecule has 0 saturated heterocycles. The van der Waals surface area contributed by atoms with Crippen molar-refractivity contribution in [3.63, 3.8) is 0 Å². The minimum absolute atomic E-state index is 0.0461. The van der Waals surface area contributed by atoms with Crippen LogP contribution in [0.25, 0.3) is 16.9 Å². The number of nitrogens with one attached hydrogen (secondary N) is 1. The Morgan fingerprint density at radius 1 is 1.08 bits per heavy atom. The average molecular weight is 348 g/mol. The minimum atomic E-state index is -0.0461. The quantitative estimate of drug-likeness (QED) is 0.707. The average Bonchev–Trinajstić information content (AvgIpc) is 3.03. The number of nitrogens with zero attached hydrogens (tertiary/aromatic N) is 1. The van der Waals surface area contributed by atoms with Crippen LogP contribution >= 0.6 is 0 Å². The highest BCUT2D eigenvalue weighted by Crippen LogP contribution is 2.33. The highest BCUT2D eigenvalue weighted by molar-refractivity contribution is 5.97. The molecule has 1 amide bonds. The summed E-state index contributed by atoms with van der Waals surface area (Å²) in [5.41, 5.74) is 4.51. The zero-order chi connectivity index (χ0) is 18.5. The van der Waals surface area contributed by atoms with Crippen molar-refractivity contribution in [2.75, 3.05) is 13.7 Å². The standard InChI is InChI=1S/C22H24N2O2/c1-4-14-23-22(25)18-15-20(17-10-6-5-7-11-17)24(16(18)2)19-12-8-9-13-21(19)26-3/h5-13,15H,4,14H2,1-3H3,(H,23,25). The molecule has 1 N–H and O–H groups in total. The molecule has 0 fully saturated rings. The van der Waals surface area contributed by atoms with E-state index in [-0.39, 0.29) is 5.91 Å². The van der Waals surface area contributed by atoms with Gasteiger partial charge < -0.3 is 14.6 Å². The molecule has 3 rings (SSSR count). The summed E-state index contributed by atoms with van der Waals surface area (Å²) >= 11 is 0. The van der Waals surface area contributed by atoms with Crippen molar-refractivity contribution in [1.29, 1.82) is 0 Å². The van der Waals surface area contributed by atoms with E-state index in [1.165, 1.54) is 0 Å². The molecule has 4 nitrogen and oxygen atoms in total. The summed E-state index contributed by atoms with van der Waals surface area (Å²) in [6.45, 7) is 4.68. The first-order valence-electron chi connectivity index (χ1n) is 8.86. The molecule has 0 aliphatic heterocycles. The lowest BCUT2D eigenvalue weighted by Gasteiger charge is -2.15. The summed E-state index contributed by atoms with van der Waals surface area (Å²) in [6.07, 6.45) is 0.906. The van der Waals surface area contributed by atoms with E-state index in [4.69, 9.17) is 4.74 Å². The topological polar surface area (TPSA) is 43.3 Å². The summed E-state index contributed by atoms with van der Waals surface area (Å²) in [5, 5.41) is 2.98. The van der Waals surface area contributed by atoms with Crippen LogP contribution in [0.2, 0.25) is 0 Å². The van der Waals surface area contributed by atoms with Crippen molar-refractivity contribution in [1.82, 2.24) is 9.88 Å². The predicted molar refractivity (Wildman–Crippen MR) is 105 cm³/mol. The van der Waals surface area contributed by atoms with Gasteiger partial charge >= 0.3 is 0 Å². The third kappa shape index (κ3) is 3.36. The molecule has 134 valence electrons. The molecule has 0 saturated carbocycles. The van der Waals surface area contributed by atoms with Crippen LogP contribution in [-0.2, 0) is 0 Å². The summed E-state index contributed by atoms with van der Waals surface area (Å²) in [5.74, 6) is 0.721. The molecule has 0 aliphatic carbocycles. The Morgan fingerprint density at radius 3 is 2.46 bits per heavy atom. The number of para-hydroxylation sites is 2. The number of amides is 1. The van der Waals surface area contributed by atoms with E-state index in [1.54, 1.807) is 7.11 Å². The molecule has 1 aromatic heterocycles. The van der Waals surface area contributed by atoms with Crippen molar-refractivity contribution in [2.24, 2.45) is 0 Å². The van der Waals surface area contributed by atoms with E-state index in [1.807, 2.05) is 62.4 Å². The van der Waals surface area contributed by atoms with E-state index in [0.29, 0.717) is 12.1 Å². The number of methoxy groups -OCH3 is 1. The summed E-state index contributed by atoms with van der Waals surface area (Å²) in [4.78, 5) is 12.7. The highest BCUT2D eigenvalue weighted by Gasteiger charge is 2.20. The third-order valence-electron chi connectivity index (χ3n) is 4.42. The van der Waals surface area contributed by atoms with Gasteiger partial charge in [-0.05, 0) is 37.1 Å². The lowest BCUT2D eigenvalue weighted by Crippen LogP contribution is -2.24. The molecule has 4 heteroatoms. The van der Waals surface area contributed by atoms with Crippen LogP contribution in [0, 0.1) is 6.92 Å². The highest BCUT2D eigenvalue weighted by atomic mass is 16.5. The molecule has 1 heterocycles.